The van der Waals surface area contributed by atoms with Gasteiger partial charge >= 0.3 is 0 Å². The number of aldehydes is 1. The number of nitrogens with two attached hydrogens (primary N) is 1. The number of nitrogens with one attached hydrogen (secondary N) is 2. The predicted molar refractivity (Wildman–Crippen MR) is 154 cm³/mol. The summed E-state index contributed by atoms with van der Waals surface area (Å²) >= 11 is 0. The summed E-state index contributed by atoms with van der Waals surface area (Å²) in [6.07, 6.45) is 2.60. The van der Waals surface area contributed by atoms with Gasteiger partial charge < -0.3 is 36.0 Å². The number of anilines is 3. The lowest BCUT2D eigenvalue weighted by Gasteiger charge is -2.16. The number of aryl methyl sites for hydroxylation is 1. The first-order valence-corrected chi connectivity index (χ1v) is 11.7. The Morgan fingerprint density at radius 2 is 1.70 bits per heavy atom. The van der Waals surface area contributed by atoms with Crippen LogP contribution in [0.4, 0.5) is 17.3 Å². The molecule has 206 valence electrons. The number of aliphatic hydroxyl groups excluding tert-OH is 1. The molecular formula is C26H44N8O3. The number of likely N-dealkylation sites (N-methyl/N-ethyl adjacent to an activating group) is 2. The summed E-state index contributed by atoms with van der Waals surface area (Å²) < 4.78 is 0. The molecule has 0 aliphatic heterocycles. The van der Waals surface area contributed by atoms with E-state index in [0.717, 1.165) is 19.4 Å². The number of nitrogen functional groups attached to an aromatic ring is 1. The molecule has 0 saturated heterocycles. The minimum atomic E-state index is 0.250. The summed E-state index contributed by atoms with van der Waals surface area (Å²) in [5.41, 5.74) is 9.41. The second kappa shape index (κ2) is 22.8. The highest BCUT2D eigenvalue weighted by molar-refractivity contribution is 5.75. The number of pyridine rings is 1. The van der Waals surface area contributed by atoms with Crippen molar-refractivity contribution in [1.29, 1.82) is 0 Å². The van der Waals surface area contributed by atoms with Gasteiger partial charge in [0.05, 0.1) is 6.54 Å². The number of carbonyl (C=O) groups excluding carboxylic acids is 2. The van der Waals surface area contributed by atoms with Gasteiger partial charge in [-0.3, -0.25) is 4.90 Å². The second-order valence-electron chi connectivity index (χ2n) is 7.72. The van der Waals surface area contributed by atoms with Crippen LogP contribution >= 0.6 is 0 Å². The number of rotatable bonds is 7. The van der Waals surface area contributed by atoms with Crippen LogP contribution in [0.3, 0.4) is 0 Å². The number of carbonyl (C=O) groups is 2. The van der Waals surface area contributed by atoms with Crippen LogP contribution in [0.1, 0.15) is 12.5 Å². The zero-order valence-electron chi connectivity index (χ0n) is 23.2. The Balaban J connectivity index is 0. The molecule has 0 spiro atoms. The van der Waals surface area contributed by atoms with Crippen molar-refractivity contribution in [3.63, 3.8) is 0 Å². The number of aliphatic hydroxyl groups is 1. The van der Waals surface area contributed by atoms with Gasteiger partial charge in [-0.1, -0.05) is 12.1 Å². The molecule has 0 aliphatic rings. The van der Waals surface area contributed by atoms with E-state index in [1.807, 2.05) is 58.1 Å². The molecular weight excluding hydrogens is 472 g/mol. The van der Waals surface area contributed by atoms with E-state index < -0.39 is 0 Å². The Morgan fingerprint density at radius 3 is 2.19 bits per heavy atom. The number of benzene rings is 1. The van der Waals surface area contributed by atoms with Crippen LogP contribution in [0.25, 0.3) is 11.2 Å². The van der Waals surface area contributed by atoms with Gasteiger partial charge in [0.15, 0.2) is 17.3 Å². The largest absolute Gasteiger partial charge is 0.397 e. The van der Waals surface area contributed by atoms with E-state index in [1.165, 1.54) is 11.3 Å². The van der Waals surface area contributed by atoms with Crippen molar-refractivity contribution in [3.8, 4) is 0 Å². The molecule has 11 nitrogen and oxygen atoms in total. The third-order valence-electron chi connectivity index (χ3n) is 4.33. The molecule has 2 aromatic heterocycles. The van der Waals surface area contributed by atoms with Gasteiger partial charge in [-0.25, -0.2) is 15.0 Å². The van der Waals surface area contributed by atoms with Crippen LogP contribution in [0.2, 0.25) is 0 Å². The van der Waals surface area contributed by atoms with E-state index in [4.69, 9.17) is 15.6 Å². The summed E-state index contributed by atoms with van der Waals surface area (Å²) in [7, 11) is 9.66. The van der Waals surface area contributed by atoms with E-state index in [9.17, 15) is 4.79 Å². The quantitative estimate of drug-likeness (QED) is 0.342. The first-order chi connectivity index (χ1) is 17.7. The fraction of sp³-hybridized carbons (Fsp3) is 0.423. The minimum Gasteiger partial charge on any atom is -0.397 e. The molecule has 0 amide bonds. The number of nitrogens with zero attached hydrogens (tertiary/aromatic N) is 5. The van der Waals surface area contributed by atoms with Gasteiger partial charge in [-0.15, -0.1) is 0 Å². The molecule has 0 atom stereocenters. The van der Waals surface area contributed by atoms with Crippen LogP contribution in [0.15, 0.2) is 42.6 Å². The third kappa shape index (κ3) is 17.4. The molecule has 0 saturated carbocycles. The van der Waals surface area contributed by atoms with Crippen molar-refractivity contribution in [3.05, 3.63) is 48.2 Å². The Kier molecular flexibility index (Phi) is 21.8. The zero-order valence-corrected chi connectivity index (χ0v) is 23.2. The highest BCUT2D eigenvalue weighted by atomic mass is 16.2. The Morgan fingerprint density at radius 1 is 1.05 bits per heavy atom. The van der Waals surface area contributed by atoms with Gasteiger partial charge in [-0.05, 0) is 64.8 Å². The maximum atomic E-state index is 10.0. The molecule has 5 N–H and O–H groups in total. The summed E-state index contributed by atoms with van der Waals surface area (Å²) in [5, 5.41) is 13.5. The Bertz CT molecular complexity index is 989. The first kappa shape index (κ1) is 35.5. The van der Waals surface area contributed by atoms with Crippen LogP contribution in [-0.2, 0) is 9.59 Å². The minimum absolute atomic E-state index is 0.250. The predicted octanol–water partition coefficient (Wildman–Crippen LogP) is 2.18. The van der Waals surface area contributed by atoms with Crippen molar-refractivity contribution < 1.29 is 14.7 Å². The molecule has 37 heavy (non-hydrogen) atoms. The number of aromatic nitrogens is 3. The van der Waals surface area contributed by atoms with Crippen molar-refractivity contribution in [2.24, 2.45) is 0 Å². The van der Waals surface area contributed by atoms with Gasteiger partial charge in [0.25, 0.3) is 0 Å². The van der Waals surface area contributed by atoms with E-state index in [2.05, 4.69) is 49.5 Å². The van der Waals surface area contributed by atoms with E-state index in [1.54, 1.807) is 26.2 Å². The SMILES string of the molecule is C=O.CCO.CN(C)CCN(C)CC=O.CNc1cccc(C)c1.CNc1nc2ncccc2nc1N. The molecule has 0 fully saturated rings. The Hall–Kier alpha value is -3.67. The van der Waals surface area contributed by atoms with Gasteiger partial charge in [0.1, 0.15) is 18.6 Å². The van der Waals surface area contributed by atoms with Crippen molar-refractivity contribution in [2.45, 2.75) is 13.8 Å². The lowest BCUT2D eigenvalue weighted by atomic mass is 10.2. The van der Waals surface area contributed by atoms with Crippen LogP contribution in [0, 0.1) is 6.92 Å². The van der Waals surface area contributed by atoms with Gasteiger partial charge in [0.2, 0.25) is 0 Å². The molecule has 3 aromatic rings. The van der Waals surface area contributed by atoms with Crippen molar-refractivity contribution in [2.75, 3.05) is 77.8 Å². The summed E-state index contributed by atoms with van der Waals surface area (Å²) in [6, 6.07) is 11.9. The number of hydrogen-bond acceptors (Lipinski definition) is 11. The molecule has 1 aromatic carbocycles. The number of hydrogen-bond donors (Lipinski definition) is 4. The maximum Gasteiger partial charge on any atom is 0.180 e. The van der Waals surface area contributed by atoms with Gasteiger partial charge in [-0.2, -0.15) is 0 Å². The molecule has 11 heteroatoms. The lowest BCUT2D eigenvalue weighted by molar-refractivity contribution is -0.108. The third-order valence-corrected chi connectivity index (χ3v) is 4.33. The van der Waals surface area contributed by atoms with Crippen LogP contribution in [0.5, 0.6) is 0 Å². The standard InChI is InChI=1S/C8H9N5.C8H11N.C7H16N2O.C2H6O.CH2O/c1-10-8-6(9)12-5-3-2-4-11-7(5)13-8;1-7-4-3-5-8(6-7)9-2;1-8(2)4-5-9(3)6-7-10;1-2-3;1-2/h2-4H,1H3,(H2,9,12)(H,10,11,13);3-6,9H,1-2H3;7H,4-6H2,1-3H3;3H,2H2,1H3;1H2. The van der Waals surface area contributed by atoms with Gasteiger partial charge in [0, 0.05) is 45.7 Å². The molecule has 0 unspecified atom stereocenters. The smallest absolute Gasteiger partial charge is 0.180 e. The topological polar surface area (TPSA) is 150 Å². The summed E-state index contributed by atoms with van der Waals surface area (Å²) in [5.74, 6) is 0.953. The fourth-order valence-corrected chi connectivity index (χ4v) is 2.48. The summed E-state index contributed by atoms with van der Waals surface area (Å²) in [6.45, 7) is 8.50. The Labute approximate surface area is 221 Å². The molecule has 2 heterocycles. The highest BCUT2D eigenvalue weighted by Crippen LogP contribution is 2.15. The van der Waals surface area contributed by atoms with Crippen molar-refractivity contribution in [1.82, 2.24) is 24.8 Å². The van der Waals surface area contributed by atoms with Crippen LogP contribution in [-0.4, -0.2) is 104 Å². The van der Waals surface area contributed by atoms with E-state index in [0.29, 0.717) is 29.3 Å². The lowest BCUT2D eigenvalue weighted by Crippen LogP contribution is -2.29. The van der Waals surface area contributed by atoms with Crippen LogP contribution < -0.4 is 16.4 Å². The van der Waals surface area contributed by atoms with E-state index >= 15 is 0 Å². The normalized spacial score (nSPS) is 9.35. The summed E-state index contributed by atoms with van der Waals surface area (Å²) in [4.78, 5) is 34.5. The molecule has 0 radical (unpaired) electrons. The molecule has 3 rings (SSSR count). The first-order valence-electron chi connectivity index (χ1n) is 11.7. The second-order valence-corrected chi connectivity index (χ2v) is 7.72. The van der Waals surface area contributed by atoms with Crippen molar-refractivity contribution >= 4 is 41.6 Å². The monoisotopic (exact) mass is 516 g/mol. The fourth-order valence-electron chi connectivity index (χ4n) is 2.48. The highest BCUT2D eigenvalue weighted by Gasteiger charge is 2.03. The maximum absolute atomic E-state index is 10.0. The average molecular weight is 517 g/mol. The molecule has 0 bridgehead atoms. The number of fused-ring (bicyclic) bond motifs is 1. The zero-order chi connectivity index (χ0) is 28.6. The average Bonchev–Trinajstić information content (AvgIpc) is 2.89. The molecule has 0 aliphatic carbocycles. The van der Waals surface area contributed by atoms with E-state index in [-0.39, 0.29) is 6.61 Å².